The Labute approximate surface area is 201 Å². The number of thiazole rings is 1. The van der Waals surface area contributed by atoms with Gasteiger partial charge in [0.25, 0.3) is 5.91 Å². The van der Waals surface area contributed by atoms with E-state index in [1.807, 2.05) is 11.8 Å². The number of allylic oxidation sites excluding steroid dienone is 1. The van der Waals surface area contributed by atoms with Crippen LogP contribution in [0.25, 0.3) is 10.6 Å². The van der Waals surface area contributed by atoms with Crippen molar-refractivity contribution in [3.8, 4) is 10.6 Å². The molecule has 5 nitrogen and oxygen atoms in total. The lowest BCUT2D eigenvalue weighted by Crippen LogP contribution is -2.39. The van der Waals surface area contributed by atoms with Crippen molar-refractivity contribution in [1.29, 1.82) is 0 Å². The van der Waals surface area contributed by atoms with Crippen LogP contribution in [0.3, 0.4) is 0 Å². The van der Waals surface area contributed by atoms with E-state index in [1.165, 1.54) is 48.2 Å². The number of benzene rings is 1. The second kappa shape index (κ2) is 11.1. The Morgan fingerprint density at radius 1 is 1.12 bits per heavy atom. The molecule has 2 amide bonds. The second-order valence-corrected chi connectivity index (χ2v) is 10.4. The summed E-state index contributed by atoms with van der Waals surface area (Å²) in [6.07, 6.45) is 10.6. The van der Waals surface area contributed by atoms with E-state index in [1.54, 1.807) is 0 Å². The number of nitrogens with one attached hydrogen (secondary N) is 1. The Balaban J connectivity index is 1.24. The Morgan fingerprint density at radius 3 is 2.58 bits per heavy atom. The molecule has 0 saturated carbocycles. The highest BCUT2D eigenvalue weighted by atomic mass is 32.1. The first-order valence-electron chi connectivity index (χ1n) is 12.3. The minimum atomic E-state index is 0.0759. The molecule has 1 aliphatic heterocycles. The number of carbonyl (C=O) groups is 2. The number of nitrogens with zero attached hydrogens (tertiary/aromatic N) is 2. The molecule has 0 spiro atoms. The summed E-state index contributed by atoms with van der Waals surface area (Å²) < 4.78 is 0. The van der Waals surface area contributed by atoms with Crippen LogP contribution >= 0.6 is 11.3 Å². The predicted molar refractivity (Wildman–Crippen MR) is 134 cm³/mol. The average molecular weight is 466 g/mol. The third-order valence-electron chi connectivity index (χ3n) is 6.82. The minimum Gasteiger partial charge on any atom is -0.356 e. The number of hydrogen-bond donors (Lipinski definition) is 1. The van der Waals surface area contributed by atoms with Gasteiger partial charge < -0.3 is 10.2 Å². The summed E-state index contributed by atoms with van der Waals surface area (Å²) in [6.45, 7) is 6.15. The van der Waals surface area contributed by atoms with E-state index in [-0.39, 0.29) is 11.8 Å². The number of amides is 2. The van der Waals surface area contributed by atoms with Gasteiger partial charge >= 0.3 is 0 Å². The highest BCUT2D eigenvalue weighted by Crippen LogP contribution is 2.30. The normalized spacial score (nSPS) is 17.0. The Bertz CT molecular complexity index is 1000. The molecule has 33 heavy (non-hydrogen) atoms. The molecule has 1 aliphatic carbocycles. The summed E-state index contributed by atoms with van der Waals surface area (Å²) in [4.78, 5) is 32.9. The zero-order valence-electron chi connectivity index (χ0n) is 19.9. The fourth-order valence-electron chi connectivity index (χ4n) is 4.73. The summed E-state index contributed by atoms with van der Waals surface area (Å²) in [5.41, 5.74) is 4.56. The molecule has 176 valence electrons. The van der Waals surface area contributed by atoms with Crippen molar-refractivity contribution in [2.45, 2.75) is 65.2 Å². The Hall–Kier alpha value is -2.47. The molecule has 1 fully saturated rings. The number of hydrogen-bond acceptors (Lipinski definition) is 4. The van der Waals surface area contributed by atoms with Crippen molar-refractivity contribution >= 4 is 23.2 Å². The van der Waals surface area contributed by atoms with Gasteiger partial charge in [-0.05, 0) is 64.7 Å². The maximum atomic E-state index is 13.2. The van der Waals surface area contributed by atoms with E-state index in [0.29, 0.717) is 25.4 Å². The molecule has 0 bridgehead atoms. The Morgan fingerprint density at radius 2 is 1.88 bits per heavy atom. The summed E-state index contributed by atoms with van der Waals surface area (Å²) in [6, 6.07) is 8.26. The van der Waals surface area contributed by atoms with Gasteiger partial charge in [0.05, 0.1) is 5.69 Å². The van der Waals surface area contributed by atoms with Crippen LogP contribution in [0.5, 0.6) is 0 Å². The van der Waals surface area contributed by atoms with Gasteiger partial charge in [0.15, 0.2) is 0 Å². The molecular weight excluding hydrogens is 430 g/mol. The summed E-state index contributed by atoms with van der Waals surface area (Å²) in [7, 11) is 0. The summed E-state index contributed by atoms with van der Waals surface area (Å²) >= 11 is 1.48. The van der Waals surface area contributed by atoms with Gasteiger partial charge in [-0.3, -0.25) is 9.59 Å². The molecular formula is C27H35N3O2S. The molecule has 4 rings (SSSR count). The second-order valence-electron chi connectivity index (χ2n) is 9.45. The van der Waals surface area contributed by atoms with E-state index >= 15 is 0 Å². The van der Waals surface area contributed by atoms with Crippen LogP contribution in [0.4, 0.5) is 0 Å². The highest BCUT2D eigenvalue weighted by molar-refractivity contribution is 7.17. The van der Waals surface area contributed by atoms with Crippen molar-refractivity contribution in [3.63, 3.8) is 0 Å². The third-order valence-corrected chi connectivity index (χ3v) is 8.01. The number of aryl methyl sites for hydroxylation is 2. The predicted octanol–water partition coefficient (Wildman–Crippen LogP) is 5.68. The van der Waals surface area contributed by atoms with Crippen LogP contribution in [0.2, 0.25) is 0 Å². The van der Waals surface area contributed by atoms with Crippen molar-refractivity contribution in [2.24, 2.45) is 5.92 Å². The van der Waals surface area contributed by atoms with Crippen LogP contribution in [-0.4, -0.2) is 41.3 Å². The highest BCUT2D eigenvalue weighted by Gasteiger charge is 2.27. The largest absolute Gasteiger partial charge is 0.356 e. The lowest BCUT2D eigenvalue weighted by Gasteiger charge is -2.31. The lowest BCUT2D eigenvalue weighted by molar-refractivity contribution is -0.122. The lowest BCUT2D eigenvalue weighted by atomic mass is 9.93. The van der Waals surface area contributed by atoms with Crippen LogP contribution in [0, 0.1) is 19.8 Å². The standard InChI is InChI=1S/C27H35N3O2S/c1-19-8-10-23(11-9-19)26-29-20(2)25(33-26)27(32)30-16-13-22(14-17-30)18-24(31)28-15-12-21-6-4-3-5-7-21/h6,8-11,22H,3-5,7,12-18H2,1-2H3,(H,28,31). The molecule has 2 heterocycles. The van der Waals surface area contributed by atoms with Crippen molar-refractivity contribution in [1.82, 2.24) is 15.2 Å². The maximum Gasteiger partial charge on any atom is 0.265 e. The topological polar surface area (TPSA) is 62.3 Å². The van der Waals surface area contributed by atoms with E-state index in [9.17, 15) is 9.59 Å². The van der Waals surface area contributed by atoms with Gasteiger partial charge in [-0.2, -0.15) is 0 Å². The van der Waals surface area contributed by atoms with Crippen molar-refractivity contribution in [2.75, 3.05) is 19.6 Å². The summed E-state index contributed by atoms with van der Waals surface area (Å²) in [5, 5.41) is 3.99. The van der Waals surface area contributed by atoms with Gasteiger partial charge in [-0.15, -0.1) is 11.3 Å². The third kappa shape index (κ3) is 6.32. The van der Waals surface area contributed by atoms with E-state index in [2.05, 4.69) is 47.6 Å². The monoisotopic (exact) mass is 465 g/mol. The first-order valence-corrected chi connectivity index (χ1v) is 13.1. The number of carbonyl (C=O) groups excluding carboxylic acids is 2. The van der Waals surface area contributed by atoms with Crippen molar-refractivity contribution < 1.29 is 9.59 Å². The zero-order valence-corrected chi connectivity index (χ0v) is 20.7. The van der Waals surface area contributed by atoms with Crippen LogP contribution in [0.15, 0.2) is 35.9 Å². The van der Waals surface area contributed by atoms with Crippen LogP contribution in [0.1, 0.15) is 72.3 Å². The zero-order chi connectivity index (χ0) is 23.2. The van der Waals surface area contributed by atoms with E-state index in [0.717, 1.165) is 46.9 Å². The molecule has 0 unspecified atom stereocenters. The first kappa shape index (κ1) is 23.7. The number of rotatable bonds is 7. The van der Waals surface area contributed by atoms with E-state index in [4.69, 9.17) is 0 Å². The number of piperidine rings is 1. The van der Waals surface area contributed by atoms with E-state index < -0.39 is 0 Å². The van der Waals surface area contributed by atoms with Crippen molar-refractivity contribution in [3.05, 3.63) is 52.0 Å². The smallest absolute Gasteiger partial charge is 0.265 e. The maximum absolute atomic E-state index is 13.2. The quantitative estimate of drug-likeness (QED) is 0.536. The first-order chi connectivity index (χ1) is 16.0. The van der Waals surface area contributed by atoms with Gasteiger partial charge in [-0.1, -0.05) is 41.5 Å². The minimum absolute atomic E-state index is 0.0759. The molecule has 0 radical (unpaired) electrons. The molecule has 1 aromatic heterocycles. The Kier molecular flexibility index (Phi) is 7.97. The van der Waals surface area contributed by atoms with Crippen LogP contribution < -0.4 is 5.32 Å². The summed E-state index contributed by atoms with van der Waals surface area (Å²) in [5.74, 6) is 0.581. The fourth-order valence-corrected chi connectivity index (χ4v) is 5.77. The molecule has 2 aromatic rings. The number of aromatic nitrogens is 1. The number of likely N-dealkylation sites (tertiary alicyclic amines) is 1. The van der Waals surface area contributed by atoms with Gasteiger partial charge in [0.1, 0.15) is 9.88 Å². The molecule has 1 saturated heterocycles. The molecule has 2 aliphatic rings. The fraction of sp³-hybridized carbons (Fsp3) is 0.519. The van der Waals surface area contributed by atoms with Crippen LogP contribution in [-0.2, 0) is 4.79 Å². The molecule has 0 atom stereocenters. The van der Waals surface area contributed by atoms with Gasteiger partial charge in [0.2, 0.25) is 5.91 Å². The molecule has 1 aromatic carbocycles. The SMILES string of the molecule is Cc1ccc(-c2nc(C)c(C(=O)N3CCC(CC(=O)NCCC4=CCCCC4)CC3)s2)cc1. The molecule has 1 N–H and O–H groups in total. The van der Waals surface area contributed by atoms with Gasteiger partial charge in [-0.25, -0.2) is 4.98 Å². The molecule has 6 heteroatoms. The average Bonchev–Trinajstić information content (AvgIpc) is 3.22. The van der Waals surface area contributed by atoms with Gasteiger partial charge in [0, 0.05) is 31.6 Å².